The van der Waals surface area contributed by atoms with Crippen molar-refractivity contribution in [1.29, 1.82) is 0 Å². The van der Waals surface area contributed by atoms with Crippen LogP contribution in [0.5, 0.6) is 0 Å². The Bertz CT molecular complexity index is 1340. The SMILES string of the molecule is CSC1N=c2c(c3c(n2C)=CN(Cc2cccc4c2cnn4COCC[Si](C)(C)C)N=C3)S1. The van der Waals surface area contributed by atoms with Gasteiger partial charge in [-0.25, -0.2) is 9.67 Å². The van der Waals surface area contributed by atoms with Gasteiger partial charge in [-0.05, 0) is 23.9 Å². The number of aromatic nitrogens is 3. The lowest BCUT2D eigenvalue weighted by molar-refractivity contribution is 0.0817. The lowest BCUT2D eigenvalue weighted by Gasteiger charge is -2.18. The third kappa shape index (κ3) is 4.53. The number of hydrazone groups is 1. The average Bonchev–Trinajstić information content (AvgIpc) is 3.46. The number of benzene rings is 1. The maximum absolute atomic E-state index is 5.93. The van der Waals surface area contributed by atoms with Gasteiger partial charge >= 0.3 is 0 Å². The highest BCUT2D eigenvalue weighted by Gasteiger charge is 2.25. The molecular weight excluding hydrogens is 469 g/mol. The molecule has 2 aromatic heterocycles. The van der Waals surface area contributed by atoms with Crippen LogP contribution in [0, 0.1) is 0 Å². The van der Waals surface area contributed by atoms with Gasteiger partial charge in [-0.15, -0.1) is 11.8 Å². The zero-order valence-corrected chi connectivity index (χ0v) is 22.4. The average molecular weight is 499 g/mol. The van der Waals surface area contributed by atoms with Gasteiger partial charge in [0.1, 0.15) is 16.9 Å². The molecule has 0 N–H and O–H groups in total. The topological polar surface area (TPSA) is 59.9 Å². The van der Waals surface area contributed by atoms with Gasteiger partial charge in [0.25, 0.3) is 0 Å². The Morgan fingerprint density at radius 1 is 1.24 bits per heavy atom. The molecule has 0 radical (unpaired) electrons. The summed E-state index contributed by atoms with van der Waals surface area (Å²) < 4.78 is 10.3. The summed E-state index contributed by atoms with van der Waals surface area (Å²) in [5.74, 6) is 0. The Morgan fingerprint density at radius 3 is 2.88 bits per heavy atom. The highest BCUT2D eigenvalue weighted by Crippen LogP contribution is 2.33. The molecule has 7 nitrogen and oxygen atoms in total. The molecule has 0 saturated carbocycles. The maximum atomic E-state index is 5.93. The minimum atomic E-state index is -1.09. The van der Waals surface area contributed by atoms with E-state index in [0.717, 1.165) is 34.4 Å². The quantitative estimate of drug-likeness (QED) is 0.351. The molecular formula is C23H30N6OS2Si. The van der Waals surface area contributed by atoms with E-state index in [0.29, 0.717) is 13.3 Å². The summed E-state index contributed by atoms with van der Waals surface area (Å²) in [5, 5.41) is 13.6. The van der Waals surface area contributed by atoms with Gasteiger partial charge in [0.05, 0.1) is 34.7 Å². The van der Waals surface area contributed by atoms with E-state index < -0.39 is 8.07 Å². The normalized spacial score (nSPS) is 17.2. The molecule has 0 fully saturated rings. The first-order valence-electron chi connectivity index (χ1n) is 11.1. The van der Waals surface area contributed by atoms with E-state index in [1.807, 2.05) is 33.9 Å². The number of rotatable bonds is 8. The van der Waals surface area contributed by atoms with E-state index in [1.54, 1.807) is 11.8 Å². The minimum absolute atomic E-state index is 0.242. The monoisotopic (exact) mass is 498 g/mol. The van der Waals surface area contributed by atoms with E-state index in [2.05, 4.69) is 67.0 Å². The zero-order valence-electron chi connectivity index (χ0n) is 19.8. The fourth-order valence-electron chi connectivity index (χ4n) is 4.05. The molecule has 3 aromatic rings. The molecule has 10 heteroatoms. The van der Waals surface area contributed by atoms with Crippen LogP contribution in [0.1, 0.15) is 11.1 Å². The Hall–Kier alpha value is -2.01. The van der Waals surface area contributed by atoms with Gasteiger partial charge in [-0.2, -0.15) is 10.2 Å². The number of fused-ring (bicyclic) bond motifs is 4. The van der Waals surface area contributed by atoms with Crippen LogP contribution in [0.4, 0.5) is 0 Å². The first-order chi connectivity index (χ1) is 15.8. The summed E-state index contributed by atoms with van der Waals surface area (Å²) in [7, 11) is 0.999. The van der Waals surface area contributed by atoms with Crippen molar-refractivity contribution in [2.24, 2.45) is 17.1 Å². The van der Waals surface area contributed by atoms with Gasteiger partial charge in [0, 0.05) is 38.9 Å². The van der Waals surface area contributed by atoms with Gasteiger partial charge < -0.3 is 9.30 Å². The van der Waals surface area contributed by atoms with Crippen molar-refractivity contribution in [3.05, 3.63) is 46.4 Å². The summed E-state index contributed by atoms with van der Waals surface area (Å²) in [6, 6.07) is 7.51. The van der Waals surface area contributed by atoms with Gasteiger partial charge in [-0.1, -0.05) is 43.5 Å². The Balaban J connectivity index is 1.35. The summed E-state index contributed by atoms with van der Waals surface area (Å²) in [4.78, 5) is 6.08. The fourth-order valence-corrected chi connectivity index (χ4v) is 6.62. The molecule has 0 bridgehead atoms. The molecule has 174 valence electrons. The predicted molar refractivity (Wildman–Crippen MR) is 141 cm³/mol. The van der Waals surface area contributed by atoms with E-state index >= 15 is 0 Å². The molecule has 0 amide bonds. The molecule has 1 atom stereocenters. The molecule has 33 heavy (non-hydrogen) atoms. The second-order valence-electron chi connectivity index (χ2n) is 9.61. The lowest BCUT2D eigenvalue weighted by Crippen LogP contribution is -2.29. The van der Waals surface area contributed by atoms with Crippen molar-refractivity contribution in [3.8, 4) is 0 Å². The van der Waals surface area contributed by atoms with Gasteiger partial charge in [-0.3, -0.25) is 5.01 Å². The van der Waals surface area contributed by atoms with Crippen molar-refractivity contribution in [2.45, 2.75) is 48.6 Å². The van der Waals surface area contributed by atoms with Crippen LogP contribution in [0.25, 0.3) is 17.1 Å². The van der Waals surface area contributed by atoms with Crippen LogP contribution in [-0.4, -0.2) is 51.2 Å². The Labute approximate surface area is 203 Å². The molecule has 5 rings (SSSR count). The molecule has 1 aromatic carbocycles. The standard InChI is InChI=1S/C23H30N6OS2Si/c1-27-20-14-28(24-12-18(20)21-22(27)26-23(31-2)32-21)13-16-7-6-8-19-17(16)11-25-29(19)15-30-9-10-33(3,4)5/h6-8,11-12,14,23H,9-10,13,15H2,1-5H3. The van der Waals surface area contributed by atoms with Crippen LogP contribution < -0.4 is 10.8 Å². The van der Waals surface area contributed by atoms with Crippen molar-refractivity contribution in [1.82, 2.24) is 19.4 Å². The van der Waals surface area contributed by atoms with Gasteiger partial charge in [0.2, 0.25) is 0 Å². The molecule has 2 aliphatic rings. The van der Waals surface area contributed by atoms with Crippen molar-refractivity contribution < 1.29 is 4.74 Å². The van der Waals surface area contributed by atoms with E-state index in [1.165, 1.54) is 16.0 Å². The van der Waals surface area contributed by atoms with Crippen LogP contribution in [0.2, 0.25) is 25.7 Å². The molecule has 2 aliphatic heterocycles. The van der Waals surface area contributed by atoms with Crippen LogP contribution >= 0.6 is 23.5 Å². The highest BCUT2D eigenvalue weighted by molar-refractivity contribution is 8.16. The van der Waals surface area contributed by atoms with E-state index in [-0.39, 0.29) is 4.71 Å². The number of nitrogens with zero attached hydrogens (tertiary/aromatic N) is 6. The summed E-state index contributed by atoms with van der Waals surface area (Å²) in [6.07, 6.45) is 8.15. The molecule has 0 spiro atoms. The van der Waals surface area contributed by atoms with E-state index in [4.69, 9.17) is 14.8 Å². The van der Waals surface area contributed by atoms with Crippen LogP contribution in [0.3, 0.4) is 0 Å². The summed E-state index contributed by atoms with van der Waals surface area (Å²) >= 11 is 3.58. The Kier molecular flexibility index (Phi) is 6.19. The minimum Gasteiger partial charge on any atom is -0.360 e. The summed E-state index contributed by atoms with van der Waals surface area (Å²) in [6.45, 7) is 9.07. The number of thioether (sulfide) groups is 2. The molecule has 0 aliphatic carbocycles. The van der Waals surface area contributed by atoms with Gasteiger partial charge in [0.15, 0.2) is 0 Å². The van der Waals surface area contributed by atoms with Crippen molar-refractivity contribution in [2.75, 3.05) is 12.9 Å². The highest BCUT2D eigenvalue weighted by atomic mass is 32.2. The molecule has 1 unspecified atom stereocenters. The number of hydrogen-bond donors (Lipinski definition) is 0. The second-order valence-corrected chi connectivity index (χ2v) is 17.5. The largest absolute Gasteiger partial charge is 0.360 e. The second kappa shape index (κ2) is 8.97. The summed E-state index contributed by atoms with van der Waals surface area (Å²) in [5.41, 5.74) is 4.53. The number of ether oxygens (including phenoxy) is 1. The predicted octanol–water partition coefficient (Wildman–Crippen LogP) is 3.65. The molecule has 0 saturated heterocycles. The van der Waals surface area contributed by atoms with E-state index in [9.17, 15) is 0 Å². The van der Waals surface area contributed by atoms with Crippen LogP contribution in [-0.2, 0) is 25.1 Å². The van der Waals surface area contributed by atoms with Crippen LogP contribution in [0.15, 0.2) is 39.4 Å². The van der Waals surface area contributed by atoms with Crippen molar-refractivity contribution >= 4 is 54.9 Å². The smallest absolute Gasteiger partial charge is 0.148 e. The first kappa shape index (κ1) is 22.8. The number of hydrogen-bond acceptors (Lipinski definition) is 7. The fraction of sp³-hybridized carbons (Fsp3) is 0.435. The third-order valence-corrected chi connectivity index (χ3v) is 10.0. The third-order valence-electron chi connectivity index (χ3n) is 5.98. The molecule has 4 heterocycles. The maximum Gasteiger partial charge on any atom is 0.148 e. The zero-order chi connectivity index (χ0) is 23.2. The lowest BCUT2D eigenvalue weighted by atomic mass is 10.1. The Morgan fingerprint density at radius 2 is 2.09 bits per heavy atom. The van der Waals surface area contributed by atoms with Crippen molar-refractivity contribution in [3.63, 3.8) is 0 Å². The first-order valence-corrected chi connectivity index (χ1v) is 17.0.